The molecule has 0 radical (unpaired) electrons. The number of thioether (sulfide) groups is 1. The third kappa shape index (κ3) is 3.18. The van der Waals surface area contributed by atoms with Crippen LogP contribution in [-0.2, 0) is 4.79 Å². The number of benzene rings is 2. The first-order chi connectivity index (χ1) is 12.0. The Morgan fingerprint density at radius 2 is 1.44 bits per heavy atom. The van der Waals surface area contributed by atoms with E-state index in [1.54, 1.807) is 42.5 Å². The van der Waals surface area contributed by atoms with Crippen molar-refractivity contribution in [2.45, 2.75) is 6.04 Å². The lowest BCUT2D eigenvalue weighted by atomic mass is 10.1. The van der Waals surface area contributed by atoms with E-state index in [2.05, 4.69) is 0 Å². The van der Waals surface area contributed by atoms with E-state index in [-0.39, 0.29) is 22.0 Å². The molecule has 3 rings (SSSR count). The van der Waals surface area contributed by atoms with E-state index < -0.39 is 23.8 Å². The van der Waals surface area contributed by atoms with Crippen molar-refractivity contribution in [1.82, 2.24) is 4.90 Å². The van der Waals surface area contributed by atoms with E-state index in [0.717, 1.165) is 16.7 Å². The van der Waals surface area contributed by atoms with E-state index in [4.69, 9.17) is 5.73 Å². The highest BCUT2D eigenvalue weighted by molar-refractivity contribution is 8.14. The Hall–Kier alpha value is -2.93. The monoisotopic (exact) mass is 354 g/mol. The SMILES string of the molecule is NC(=O)C(CSC(=O)c1ccccc1)N1C(=O)c2ccccc2C1=O. The summed E-state index contributed by atoms with van der Waals surface area (Å²) in [6.07, 6.45) is 0. The zero-order valence-corrected chi connectivity index (χ0v) is 13.9. The van der Waals surface area contributed by atoms with Crippen molar-refractivity contribution < 1.29 is 19.2 Å². The van der Waals surface area contributed by atoms with Crippen LogP contribution < -0.4 is 5.73 Å². The number of carbonyl (C=O) groups excluding carboxylic acids is 4. The number of fused-ring (bicyclic) bond motifs is 1. The summed E-state index contributed by atoms with van der Waals surface area (Å²) in [5.41, 5.74) is 6.33. The van der Waals surface area contributed by atoms with Gasteiger partial charge in [0.05, 0.1) is 11.1 Å². The molecular weight excluding hydrogens is 340 g/mol. The Labute approximate surface area is 148 Å². The molecule has 126 valence electrons. The Balaban J connectivity index is 1.79. The van der Waals surface area contributed by atoms with Crippen molar-refractivity contribution in [1.29, 1.82) is 0 Å². The quantitative estimate of drug-likeness (QED) is 0.825. The number of carbonyl (C=O) groups is 4. The summed E-state index contributed by atoms with van der Waals surface area (Å²) in [6, 6.07) is 13.7. The van der Waals surface area contributed by atoms with Gasteiger partial charge in [-0.3, -0.25) is 24.1 Å². The molecule has 2 N–H and O–H groups in total. The predicted molar refractivity (Wildman–Crippen MR) is 93.2 cm³/mol. The van der Waals surface area contributed by atoms with Gasteiger partial charge in [0.15, 0.2) is 0 Å². The maximum atomic E-state index is 12.5. The van der Waals surface area contributed by atoms with Crippen molar-refractivity contribution in [2.75, 3.05) is 5.75 Å². The van der Waals surface area contributed by atoms with Crippen LogP contribution in [0.15, 0.2) is 54.6 Å². The maximum Gasteiger partial charge on any atom is 0.262 e. The number of rotatable bonds is 5. The molecule has 0 saturated carbocycles. The van der Waals surface area contributed by atoms with E-state index in [1.807, 2.05) is 0 Å². The van der Waals surface area contributed by atoms with E-state index in [9.17, 15) is 19.2 Å². The molecule has 1 atom stereocenters. The zero-order valence-electron chi connectivity index (χ0n) is 13.0. The number of amides is 3. The number of imide groups is 1. The number of nitrogens with zero attached hydrogens (tertiary/aromatic N) is 1. The second kappa shape index (κ2) is 6.90. The van der Waals surface area contributed by atoms with Gasteiger partial charge in [-0.25, -0.2) is 0 Å². The summed E-state index contributed by atoms with van der Waals surface area (Å²) >= 11 is 0.850. The highest BCUT2D eigenvalue weighted by Gasteiger charge is 2.42. The molecule has 2 aromatic rings. The molecule has 0 saturated heterocycles. The van der Waals surface area contributed by atoms with Crippen LogP contribution in [0.4, 0.5) is 0 Å². The van der Waals surface area contributed by atoms with Crippen LogP contribution in [0.25, 0.3) is 0 Å². The van der Waals surface area contributed by atoms with E-state index in [0.29, 0.717) is 5.56 Å². The number of hydrogen-bond donors (Lipinski definition) is 1. The molecule has 0 spiro atoms. The summed E-state index contributed by atoms with van der Waals surface area (Å²) in [5, 5.41) is -0.261. The fourth-order valence-corrected chi connectivity index (χ4v) is 3.51. The molecule has 0 fully saturated rings. The topological polar surface area (TPSA) is 97.5 Å². The summed E-state index contributed by atoms with van der Waals surface area (Å²) in [4.78, 5) is 49.8. The minimum Gasteiger partial charge on any atom is -0.368 e. The predicted octanol–water partition coefficient (Wildman–Crippen LogP) is 1.71. The third-order valence-electron chi connectivity index (χ3n) is 3.85. The van der Waals surface area contributed by atoms with Crippen LogP contribution in [0.1, 0.15) is 31.1 Å². The first kappa shape index (κ1) is 16.9. The third-order valence-corrected chi connectivity index (χ3v) is 4.83. The fourth-order valence-electron chi connectivity index (χ4n) is 2.59. The molecule has 25 heavy (non-hydrogen) atoms. The van der Waals surface area contributed by atoms with Crippen molar-refractivity contribution in [3.63, 3.8) is 0 Å². The van der Waals surface area contributed by atoms with Crippen molar-refractivity contribution in [3.05, 3.63) is 71.3 Å². The number of nitrogens with two attached hydrogens (primary N) is 1. The van der Waals surface area contributed by atoms with Gasteiger partial charge in [0.1, 0.15) is 6.04 Å². The molecule has 2 aromatic carbocycles. The van der Waals surface area contributed by atoms with Crippen molar-refractivity contribution in [3.8, 4) is 0 Å². The number of hydrogen-bond acceptors (Lipinski definition) is 5. The van der Waals surface area contributed by atoms with Gasteiger partial charge >= 0.3 is 0 Å². The molecule has 1 unspecified atom stereocenters. The lowest BCUT2D eigenvalue weighted by molar-refractivity contribution is -0.121. The van der Waals surface area contributed by atoms with Crippen LogP contribution in [0.5, 0.6) is 0 Å². The fraction of sp³-hybridized carbons (Fsp3) is 0.111. The summed E-state index contributed by atoms with van der Waals surface area (Å²) < 4.78 is 0. The summed E-state index contributed by atoms with van der Waals surface area (Å²) in [5.74, 6) is -2.06. The lowest BCUT2D eigenvalue weighted by Crippen LogP contribution is -2.49. The first-order valence-corrected chi connectivity index (χ1v) is 8.47. The normalized spacial score (nSPS) is 14.3. The summed E-state index contributed by atoms with van der Waals surface area (Å²) in [7, 11) is 0. The average molecular weight is 354 g/mol. The molecular formula is C18H14N2O4S. The van der Waals surface area contributed by atoms with Crippen molar-refractivity contribution in [2.24, 2.45) is 5.73 Å². The zero-order chi connectivity index (χ0) is 18.0. The second-order valence-electron chi connectivity index (χ2n) is 5.41. The Bertz CT molecular complexity index is 831. The standard InChI is InChI=1S/C18H14N2O4S/c19-15(21)14(10-25-18(24)11-6-2-1-3-7-11)20-16(22)12-8-4-5-9-13(12)17(20)23/h1-9,14H,10H2,(H2,19,21). The molecule has 0 aliphatic carbocycles. The van der Waals surface area contributed by atoms with Gasteiger partial charge < -0.3 is 5.73 Å². The second-order valence-corrected chi connectivity index (χ2v) is 6.40. The van der Waals surface area contributed by atoms with Crippen LogP contribution in [0, 0.1) is 0 Å². The van der Waals surface area contributed by atoms with Crippen LogP contribution in [0.3, 0.4) is 0 Å². The molecule has 0 aromatic heterocycles. The molecule has 6 nitrogen and oxygen atoms in total. The highest BCUT2D eigenvalue weighted by atomic mass is 32.2. The van der Waals surface area contributed by atoms with Gasteiger partial charge in [0, 0.05) is 11.3 Å². The molecule has 0 bridgehead atoms. The van der Waals surface area contributed by atoms with Crippen LogP contribution in [0.2, 0.25) is 0 Å². The first-order valence-electron chi connectivity index (χ1n) is 7.49. The minimum absolute atomic E-state index is 0.0888. The minimum atomic E-state index is -1.19. The molecule has 1 aliphatic rings. The van der Waals surface area contributed by atoms with E-state index in [1.165, 1.54) is 12.1 Å². The Morgan fingerprint density at radius 3 is 1.96 bits per heavy atom. The van der Waals surface area contributed by atoms with Crippen molar-refractivity contribution >= 4 is 34.6 Å². The van der Waals surface area contributed by atoms with Gasteiger partial charge in [0.25, 0.3) is 11.8 Å². The van der Waals surface area contributed by atoms with Gasteiger partial charge in [-0.05, 0) is 12.1 Å². The molecule has 3 amide bonds. The molecule has 1 heterocycles. The number of primary amides is 1. The van der Waals surface area contributed by atoms with Crippen LogP contribution in [-0.4, -0.2) is 39.5 Å². The maximum absolute atomic E-state index is 12.5. The highest BCUT2D eigenvalue weighted by Crippen LogP contribution is 2.26. The smallest absolute Gasteiger partial charge is 0.262 e. The van der Waals surface area contributed by atoms with E-state index >= 15 is 0 Å². The van der Waals surface area contributed by atoms with Gasteiger partial charge in [-0.1, -0.05) is 54.2 Å². The van der Waals surface area contributed by atoms with Gasteiger partial charge in [-0.15, -0.1) is 0 Å². The van der Waals surface area contributed by atoms with Gasteiger partial charge in [0.2, 0.25) is 11.0 Å². The Kier molecular flexibility index (Phi) is 4.67. The Morgan fingerprint density at radius 1 is 0.920 bits per heavy atom. The van der Waals surface area contributed by atoms with Crippen LogP contribution >= 0.6 is 11.8 Å². The molecule has 1 aliphatic heterocycles. The molecule has 7 heteroatoms. The van der Waals surface area contributed by atoms with Gasteiger partial charge in [-0.2, -0.15) is 0 Å². The summed E-state index contributed by atoms with van der Waals surface area (Å²) in [6.45, 7) is 0. The average Bonchev–Trinajstić information content (AvgIpc) is 2.88. The largest absolute Gasteiger partial charge is 0.368 e. The lowest BCUT2D eigenvalue weighted by Gasteiger charge is -2.22.